The molecule has 3 atom stereocenters. The molecule has 0 amide bonds. The number of rotatable bonds is 6. The van der Waals surface area contributed by atoms with E-state index in [0.717, 1.165) is 5.56 Å². The van der Waals surface area contributed by atoms with Gasteiger partial charge in [-0.05, 0) is 18.4 Å². The van der Waals surface area contributed by atoms with Crippen LogP contribution in [0.2, 0.25) is 0 Å². The van der Waals surface area contributed by atoms with E-state index in [-0.39, 0.29) is 17.9 Å². The highest BCUT2D eigenvalue weighted by molar-refractivity contribution is 5.22. The van der Waals surface area contributed by atoms with E-state index in [2.05, 4.69) is 10.1 Å². The van der Waals surface area contributed by atoms with Crippen LogP contribution in [0.5, 0.6) is 0 Å². The van der Waals surface area contributed by atoms with Crippen molar-refractivity contribution in [2.45, 2.75) is 38.9 Å². The third-order valence-corrected chi connectivity index (χ3v) is 3.55. The average molecular weight is 290 g/mol. The quantitative estimate of drug-likeness (QED) is 0.886. The zero-order chi connectivity index (χ0) is 15.4. The Bertz CT molecular complexity index is 544. The fraction of sp³-hybridized carbons (Fsp3) is 0.500. The number of ether oxygens (including phenoxy) is 1. The molecule has 0 aliphatic rings. The van der Waals surface area contributed by atoms with E-state index in [0.29, 0.717) is 11.7 Å². The highest BCUT2D eigenvalue weighted by atomic mass is 16.5. The Labute approximate surface area is 125 Å². The molecule has 1 aromatic carbocycles. The number of aromatic nitrogens is 2. The van der Waals surface area contributed by atoms with Crippen molar-refractivity contribution in [1.82, 2.24) is 10.1 Å². The third-order valence-electron chi connectivity index (χ3n) is 3.55. The Hall–Kier alpha value is -1.72. The fourth-order valence-corrected chi connectivity index (χ4v) is 2.56. The molecule has 3 unspecified atom stereocenters. The van der Waals surface area contributed by atoms with Crippen molar-refractivity contribution in [3.8, 4) is 0 Å². The van der Waals surface area contributed by atoms with Gasteiger partial charge in [-0.1, -0.05) is 49.3 Å². The van der Waals surface area contributed by atoms with E-state index in [1.165, 1.54) is 0 Å². The molecule has 2 rings (SSSR count). The Morgan fingerprint density at radius 2 is 1.81 bits per heavy atom. The van der Waals surface area contributed by atoms with Gasteiger partial charge in [-0.15, -0.1) is 0 Å². The molecule has 0 fully saturated rings. The summed E-state index contributed by atoms with van der Waals surface area (Å²) in [4.78, 5) is 4.44. The van der Waals surface area contributed by atoms with E-state index in [1.807, 2.05) is 44.2 Å². The van der Waals surface area contributed by atoms with E-state index < -0.39 is 6.10 Å². The Morgan fingerprint density at radius 3 is 2.33 bits per heavy atom. The maximum Gasteiger partial charge on any atom is 0.232 e. The van der Waals surface area contributed by atoms with Crippen LogP contribution in [0.15, 0.2) is 34.9 Å². The molecule has 2 aromatic rings. The molecule has 5 heteroatoms. The lowest BCUT2D eigenvalue weighted by atomic mass is 9.91. The molecule has 0 aliphatic heterocycles. The summed E-state index contributed by atoms with van der Waals surface area (Å²) in [5.74, 6) is 0.952. The molecule has 0 radical (unpaired) electrons. The van der Waals surface area contributed by atoms with Gasteiger partial charge in [0.1, 0.15) is 6.10 Å². The van der Waals surface area contributed by atoms with E-state index in [1.54, 1.807) is 14.0 Å². The first-order valence-electron chi connectivity index (χ1n) is 7.14. The van der Waals surface area contributed by atoms with Gasteiger partial charge in [0, 0.05) is 7.11 Å². The van der Waals surface area contributed by atoms with Crippen LogP contribution in [0.1, 0.15) is 50.1 Å². The van der Waals surface area contributed by atoms with Crippen LogP contribution >= 0.6 is 0 Å². The molecular weight excluding hydrogens is 268 g/mol. The minimum Gasteiger partial charge on any atom is -0.393 e. The van der Waals surface area contributed by atoms with Gasteiger partial charge in [-0.25, -0.2) is 0 Å². The summed E-state index contributed by atoms with van der Waals surface area (Å²) in [7, 11) is 1.61. The SMILES string of the molecule is COC(c1ccccc1)c1noc(C(C(C)C)C(C)O)n1. The maximum atomic E-state index is 9.90. The van der Waals surface area contributed by atoms with Gasteiger partial charge in [0.05, 0.1) is 12.0 Å². The van der Waals surface area contributed by atoms with Crippen LogP contribution < -0.4 is 0 Å². The van der Waals surface area contributed by atoms with Crippen molar-refractivity contribution >= 4 is 0 Å². The Balaban J connectivity index is 2.29. The maximum absolute atomic E-state index is 9.90. The molecule has 0 saturated carbocycles. The first-order valence-corrected chi connectivity index (χ1v) is 7.14. The third kappa shape index (κ3) is 3.49. The van der Waals surface area contributed by atoms with Crippen LogP contribution in [0, 0.1) is 5.92 Å². The van der Waals surface area contributed by atoms with E-state index in [4.69, 9.17) is 9.26 Å². The van der Waals surface area contributed by atoms with Gasteiger partial charge in [0.15, 0.2) is 0 Å². The van der Waals surface area contributed by atoms with Crippen molar-refractivity contribution in [3.63, 3.8) is 0 Å². The van der Waals surface area contributed by atoms with Crippen LogP contribution in [0.25, 0.3) is 0 Å². The summed E-state index contributed by atoms with van der Waals surface area (Å²) in [6.45, 7) is 5.78. The van der Waals surface area contributed by atoms with Gasteiger partial charge >= 0.3 is 0 Å². The number of methoxy groups -OCH3 is 1. The molecule has 0 saturated heterocycles. The lowest BCUT2D eigenvalue weighted by molar-refractivity contribution is 0.119. The minimum absolute atomic E-state index is 0.181. The van der Waals surface area contributed by atoms with Crippen LogP contribution in [-0.2, 0) is 4.74 Å². The molecule has 21 heavy (non-hydrogen) atoms. The zero-order valence-electron chi connectivity index (χ0n) is 12.9. The van der Waals surface area contributed by atoms with Crippen LogP contribution in [0.4, 0.5) is 0 Å². The molecule has 0 bridgehead atoms. The largest absolute Gasteiger partial charge is 0.393 e. The molecule has 0 spiro atoms. The van der Waals surface area contributed by atoms with E-state index >= 15 is 0 Å². The van der Waals surface area contributed by atoms with Gasteiger partial charge in [0.2, 0.25) is 11.7 Å². The van der Waals surface area contributed by atoms with Crippen molar-refractivity contribution in [2.75, 3.05) is 7.11 Å². The van der Waals surface area contributed by atoms with Crippen LogP contribution in [-0.4, -0.2) is 28.5 Å². The standard InChI is InChI=1S/C16H22N2O3/c1-10(2)13(11(3)19)16-17-15(18-21-16)14(20-4)12-8-6-5-7-9-12/h5-11,13-14,19H,1-4H3. The van der Waals surface area contributed by atoms with Gasteiger partial charge in [-0.2, -0.15) is 4.98 Å². The predicted molar refractivity (Wildman–Crippen MR) is 78.9 cm³/mol. The van der Waals surface area contributed by atoms with Crippen molar-refractivity contribution in [2.24, 2.45) is 5.92 Å². The summed E-state index contributed by atoms with van der Waals surface area (Å²) < 4.78 is 10.8. The van der Waals surface area contributed by atoms with Crippen molar-refractivity contribution in [1.29, 1.82) is 0 Å². The summed E-state index contributed by atoms with van der Waals surface area (Å²) in [6, 6.07) is 9.74. The normalized spacial score (nSPS) is 15.9. The number of hydrogen-bond acceptors (Lipinski definition) is 5. The second-order valence-electron chi connectivity index (χ2n) is 5.53. The van der Waals surface area contributed by atoms with Gasteiger partial charge in [0.25, 0.3) is 0 Å². The van der Waals surface area contributed by atoms with Crippen molar-refractivity contribution < 1.29 is 14.4 Å². The molecule has 5 nitrogen and oxygen atoms in total. The highest BCUT2D eigenvalue weighted by Crippen LogP contribution is 2.29. The van der Waals surface area contributed by atoms with Gasteiger partial charge < -0.3 is 14.4 Å². The fourth-order valence-electron chi connectivity index (χ4n) is 2.56. The monoisotopic (exact) mass is 290 g/mol. The highest BCUT2D eigenvalue weighted by Gasteiger charge is 2.29. The number of aliphatic hydroxyl groups is 1. The Morgan fingerprint density at radius 1 is 1.14 bits per heavy atom. The molecular formula is C16H22N2O3. The summed E-state index contributed by atoms with van der Waals surface area (Å²) in [5.41, 5.74) is 0.963. The molecule has 1 N–H and O–H groups in total. The molecule has 114 valence electrons. The topological polar surface area (TPSA) is 68.4 Å². The molecule has 1 aromatic heterocycles. The van der Waals surface area contributed by atoms with Crippen LogP contribution in [0.3, 0.4) is 0 Å². The second kappa shape index (κ2) is 6.83. The lowest BCUT2D eigenvalue weighted by Crippen LogP contribution is -2.20. The molecule has 1 heterocycles. The summed E-state index contributed by atoms with van der Waals surface area (Å²) in [6.07, 6.45) is -0.915. The van der Waals surface area contributed by atoms with E-state index in [9.17, 15) is 5.11 Å². The summed E-state index contributed by atoms with van der Waals surface area (Å²) >= 11 is 0. The number of aliphatic hydroxyl groups excluding tert-OH is 1. The zero-order valence-corrected chi connectivity index (χ0v) is 12.9. The van der Waals surface area contributed by atoms with Gasteiger partial charge in [-0.3, -0.25) is 0 Å². The average Bonchev–Trinajstić information content (AvgIpc) is 2.89. The predicted octanol–water partition coefficient (Wildman–Crippen LogP) is 2.93. The first kappa shape index (κ1) is 15.7. The minimum atomic E-state index is -0.545. The first-order chi connectivity index (χ1) is 10.0. The summed E-state index contributed by atoms with van der Waals surface area (Å²) in [5, 5.41) is 13.9. The van der Waals surface area contributed by atoms with Crippen molar-refractivity contribution in [3.05, 3.63) is 47.6 Å². The molecule has 0 aliphatic carbocycles. The second-order valence-corrected chi connectivity index (χ2v) is 5.53. The smallest absolute Gasteiger partial charge is 0.232 e. The lowest BCUT2D eigenvalue weighted by Gasteiger charge is -2.19. The number of benzene rings is 1. The number of hydrogen-bond donors (Lipinski definition) is 1. The Kier molecular flexibility index (Phi) is 5.09. The number of nitrogens with zero attached hydrogens (tertiary/aromatic N) is 2.